The van der Waals surface area contributed by atoms with Crippen LogP contribution in [0.5, 0.6) is 5.75 Å². The van der Waals surface area contributed by atoms with Crippen molar-refractivity contribution in [2.75, 3.05) is 13.8 Å². The van der Waals surface area contributed by atoms with E-state index in [1.165, 1.54) is 19.2 Å². The Hall–Kier alpha value is -1.92. The fraction of sp³-hybridized carbons (Fsp3) is 0.118. The van der Waals surface area contributed by atoms with Gasteiger partial charge in [0, 0.05) is 17.5 Å². The first-order chi connectivity index (χ1) is 11.2. The van der Waals surface area contributed by atoms with Crippen LogP contribution in [-0.4, -0.2) is 24.9 Å². The molecule has 0 radical (unpaired) electrons. The number of carbonyl (C=O) groups is 1. The maximum Gasteiger partial charge on any atom is 0.338 e. The van der Waals surface area contributed by atoms with E-state index in [2.05, 4.69) is 11.6 Å². The first-order valence-electron chi connectivity index (χ1n) is 6.72. The van der Waals surface area contributed by atoms with Crippen molar-refractivity contribution in [2.24, 2.45) is 0 Å². The van der Waals surface area contributed by atoms with Gasteiger partial charge in [-0.2, -0.15) is 0 Å². The minimum Gasteiger partial charge on any atom is -0.497 e. The van der Waals surface area contributed by atoms with Crippen LogP contribution in [0.2, 0.25) is 10.0 Å². The zero-order chi connectivity index (χ0) is 17.9. The average Bonchev–Trinajstić information content (AvgIpc) is 2.52. The van der Waals surface area contributed by atoms with Crippen molar-refractivity contribution >= 4 is 41.6 Å². The zero-order valence-corrected chi connectivity index (χ0v) is 15.2. The molecule has 0 aliphatic heterocycles. The van der Waals surface area contributed by atoms with E-state index in [9.17, 15) is 9.36 Å². The lowest BCUT2D eigenvalue weighted by atomic mass is 10.1. The van der Waals surface area contributed by atoms with Gasteiger partial charge in [0.15, 0.2) is 7.14 Å². The van der Waals surface area contributed by atoms with Crippen molar-refractivity contribution in [3.63, 3.8) is 0 Å². The topological polar surface area (TPSA) is 63.6 Å². The van der Waals surface area contributed by atoms with Crippen LogP contribution in [0.25, 0.3) is 0 Å². The Labute approximate surface area is 149 Å². The molecule has 0 amide bonds. The monoisotopic (exact) mass is 382 g/mol. The van der Waals surface area contributed by atoms with Crippen LogP contribution in [0.3, 0.4) is 0 Å². The molecule has 2 aromatic rings. The molecule has 4 nitrogen and oxygen atoms in total. The highest BCUT2D eigenvalue weighted by molar-refractivity contribution is 7.75. The van der Waals surface area contributed by atoms with E-state index in [-0.39, 0.29) is 15.6 Å². The number of carboxylic acids is 1. The molecule has 0 aromatic heterocycles. The Bertz CT molecular complexity index is 889. The van der Waals surface area contributed by atoms with Gasteiger partial charge in [-0.05, 0) is 29.9 Å². The fourth-order valence-electron chi connectivity index (χ4n) is 1.96. The van der Waals surface area contributed by atoms with Gasteiger partial charge >= 0.3 is 5.97 Å². The van der Waals surface area contributed by atoms with Crippen LogP contribution in [0, 0.1) is 11.6 Å². The maximum absolute atomic E-state index is 12.8. The van der Waals surface area contributed by atoms with Crippen molar-refractivity contribution in [1.82, 2.24) is 0 Å². The number of hydrogen-bond acceptors (Lipinski definition) is 3. The highest BCUT2D eigenvalue weighted by Gasteiger charge is 2.17. The summed E-state index contributed by atoms with van der Waals surface area (Å²) in [5, 5.41) is 9.55. The van der Waals surface area contributed by atoms with Crippen LogP contribution < -0.4 is 10.0 Å². The second-order valence-corrected chi connectivity index (χ2v) is 8.39. The summed E-state index contributed by atoms with van der Waals surface area (Å²) in [6.07, 6.45) is 0. The van der Waals surface area contributed by atoms with Crippen LogP contribution in [0.15, 0.2) is 36.4 Å². The molecule has 0 aliphatic carbocycles. The number of hydrogen-bond donors (Lipinski definition) is 1. The summed E-state index contributed by atoms with van der Waals surface area (Å²) in [4.78, 5) is 11.1. The lowest BCUT2D eigenvalue weighted by Gasteiger charge is -2.08. The van der Waals surface area contributed by atoms with Crippen molar-refractivity contribution in [3.8, 4) is 17.3 Å². The van der Waals surface area contributed by atoms with Crippen molar-refractivity contribution in [1.29, 1.82) is 0 Å². The molecular weight excluding hydrogens is 370 g/mol. The third kappa shape index (κ3) is 4.13. The molecule has 1 N–H and O–H groups in total. The molecule has 0 spiro atoms. The van der Waals surface area contributed by atoms with Gasteiger partial charge in [0.05, 0.1) is 22.7 Å². The predicted octanol–water partition coefficient (Wildman–Crippen LogP) is 4.33. The maximum atomic E-state index is 12.8. The van der Waals surface area contributed by atoms with Gasteiger partial charge in [0.1, 0.15) is 5.75 Å². The number of rotatable bonds is 3. The van der Waals surface area contributed by atoms with E-state index in [1.54, 1.807) is 30.9 Å². The van der Waals surface area contributed by atoms with Gasteiger partial charge in [-0.1, -0.05) is 41.3 Å². The van der Waals surface area contributed by atoms with Crippen molar-refractivity contribution in [2.45, 2.75) is 0 Å². The fourth-order valence-corrected chi connectivity index (χ4v) is 3.83. The van der Waals surface area contributed by atoms with Gasteiger partial charge in [0.25, 0.3) is 0 Å². The number of aromatic carboxylic acids is 1. The highest BCUT2D eigenvalue weighted by Crippen LogP contribution is 2.39. The Balaban J connectivity index is 2.41. The molecule has 1 atom stereocenters. The Morgan fingerprint density at radius 1 is 1.21 bits per heavy atom. The summed E-state index contributed by atoms with van der Waals surface area (Å²) in [6.45, 7) is 1.55. The Kier molecular flexibility index (Phi) is 5.62. The summed E-state index contributed by atoms with van der Waals surface area (Å²) in [5.74, 6) is 2.12. The Morgan fingerprint density at radius 2 is 1.83 bits per heavy atom. The van der Waals surface area contributed by atoms with E-state index >= 15 is 0 Å². The summed E-state index contributed by atoms with van der Waals surface area (Å²) in [5.41, 5.74) is 2.94. The Morgan fingerprint density at radius 3 is 2.38 bits per heavy atom. The lowest BCUT2D eigenvalue weighted by molar-refractivity contribution is 0.0697. The molecule has 0 bridgehead atoms. The molecule has 0 saturated carbocycles. The quantitative estimate of drug-likeness (QED) is 0.633. The van der Waals surface area contributed by atoms with E-state index in [1.807, 2.05) is 0 Å². The first kappa shape index (κ1) is 18.4. The summed E-state index contributed by atoms with van der Waals surface area (Å²) in [6, 6.07) is 9.64. The van der Waals surface area contributed by atoms with E-state index in [0.29, 0.717) is 16.6 Å². The molecule has 2 rings (SSSR count). The van der Waals surface area contributed by atoms with Gasteiger partial charge < -0.3 is 14.4 Å². The van der Waals surface area contributed by atoms with Crippen LogP contribution in [0.1, 0.15) is 15.9 Å². The third-order valence-corrected chi connectivity index (χ3v) is 5.61. The number of benzene rings is 2. The third-order valence-electron chi connectivity index (χ3n) is 3.22. The molecule has 1 unspecified atom stereocenters. The summed E-state index contributed by atoms with van der Waals surface area (Å²) in [7, 11) is -1.43. The van der Waals surface area contributed by atoms with E-state index < -0.39 is 13.1 Å². The highest BCUT2D eigenvalue weighted by atomic mass is 35.5. The molecule has 2 aromatic carbocycles. The van der Waals surface area contributed by atoms with Crippen LogP contribution >= 0.6 is 30.3 Å². The number of halogens is 2. The molecule has 24 heavy (non-hydrogen) atoms. The molecule has 0 heterocycles. The van der Waals surface area contributed by atoms with Crippen LogP contribution in [-0.2, 0) is 4.57 Å². The normalized spacial score (nSPS) is 12.7. The number of carboxylic acid groups (broad SMARTS) is 1. The van der Waals surface area contributed by atoms with Crippen molar-refractivity contribution < 1.29 is 19.2 Å². The zero-order valence-electron chi connectivity index (χ0n) is 12.8. The SMILES string of the molecule is COc1cccc(P(C)(=O)C#Cc2cc(Cl)c(C(=O)O)c(Cl)c2)c1. The number of methoxy groups -OCH3 is 1. The second kappa shape index (κ2) is 7.32. The largest absolute Gasteiger partial charge is 0.497 e. The number of ether oxygens (including phenoxy) is 1. The smallest absolute Gasteiger partial charge is 0.338 e. The van der Waals surface area contributed by atoms with Gasteiger partial charge in [-0.3, -0.25) is 0 Å². The van der Waals surface area contributed by atoms with Gasteiger partial charge in [-0.15, -0.1) is 0 Å². The first-order valence-corrected chi connectivity index (χ1v) is 9.63. The minimum atomic E-state index is -2.96. The van der Waals surface area contributed by atoms with Gasteiger partial charge in [-0.25, -0.2) is 4.79 Å². The van der Waals surface area contributed by atoms with E-state index in [0.717, 1.165) is 0 Å². The lowest BCUT2D eigenvalue weighted by Crippen LogP contribution is -2.02. The van der Waals surface area contributed by atoms with Crippen LogP contribution in [0.4, 0.5) is 0 Å². The molecule has 0 fully saturated rings. The van der Waals surface area contributed by atoms with Crippen molar-refractivity contribution in [3.05, 3.63) is 57.6 Å². The predicted molar refractivity (Wildman–Crippen MR) is 96.5 cm³/mol. The molecule has 7 heteroatoms. The van der Waals surface area contributed by atoms with E-state index in [4.69, 9.17) is 33.0 Å². The molecule has 0 saturated heterocycles. The second-order valence-electron chi connectivity index (χ2n) is 4.98. The minimum absolute atomic E-state index is 0.0217. The molecule has 0 aliphatic rings. The summed E-state index contributed by atoms with van der Waals surface area (Å²) < 4.78 is 17.9. The van der Waals surface area contributed by atoms with Gasteiger partial charge in [0.2, 0.25) is 0 Å². The molecule has 124 valence electrons. The average molecular weight is 383 g/mol. The molecular formula is C17H13Cl2O4P. The summed E-state index contributed by atoms with van der Waals surface area (Å²) >= 11 is 11.8. The standard InChI is InChI=1S/C17H13Cl2O4P/c1-23-12-4-3-5-13(10-12)24(2,22)7-6-11-8-14(18)16(17(20)21)15(19)9-11/h3-5,8-10H,1-2H3,(H,20,21).